The molecule has 0 fully saturated rings. The van der Waals surface area contributed by atoms with E-state index in [1.807, 2.05) is 43.1 Å². The number of aryl methyl sites for hydroxylation is 1. The number of aromatic nitrogens is 2. The summed E-state index contributed by atoms with van der Waals surface area (Å²) in [7, 11) is 1.83. The fraction of sp³-hybridized carbons (Fsp3) is 0.400. The Hall–Kier alpha value is -2.21. The molecule has 1 heterocycles. The van der Waals surface area contributed by atoms with Gasteiger partial charge in [-0.2, -0.15) is 0 Å². The van der Waals surface area contributed by atoms with Crippen LogP contribution in [-0.2, 0) is 11.3 Å². The molecule has 1 unspecified atom stereocenters. The Morgan fingerprint density at radius 1 is 1.43 bits per heavy atom. The van der Waals surface area contributed by atoms with E-state index in [1.54, 1.807) is 6.92 Å². The number of rotatable bonds is 6. The summed E-state index contributed by atoms with van der Waals surface area (Å²) in [4.78, 5) is 12.7. The summed E-state index contributed by atoms with van der Waals surface area (Å²) in [6.07, 6.45) is 0. The minimum Gasteiger partial charge on any atom is -0.481 e. The molecule has 0 aliphatic rings. The Bertz CT molecular complexity index is 624. The SMILES string of the molecule is Cc1cccc(-c2nnc(CN(C)CC(C)C(=O)O)o2)c1. The molecule has 0 bridgehead atoms. The number of aliphatic carboxylic acids is 1. The smallest absolute Gasteiger partial charge is 0.307 e. The van der Waals surface area contributed by atoms with E-state index in [9.17, 15) is 4.79 Å². The van der Waals surface area contributed by atoms with Gasteiger partial charge in [-0.25, -0.2) is 0 Å². The van der Waals surface area contributed by atoms with E-state index in [-0.39, 0.29) is 0 Å². The summed E-state index contributed by atoms with van der Waals surface area (Å²) in [6.45, 7) is 4.53. The van der Waals surface area contributed by atoms with Crippen molar-refractivity contribution < 1.29 is 14.3 Å². The Kier molecular flexibility index (Phi) is 4.70. The van der Waals surface area contributed by atoms with Crippen molar-refractivity contribution in [3.63, 3.8) is 0 Å². The van der Waals surface area contributed by atoms with E-state index in [0.29, 0.717) is 24.9 Å². The van der Waals surface area contributed by atoms with Gasteiger partial charge in [-0.15, -0.1) is 10.2 Å². The topological polar surface area (TPSA) is 79.5 Å². The second-order valence-corrected chi connectivity index (χ2v) is 5.31. The van der Waals surface area contributed by atoms with Crippen molar-refractivity contribution >= 4 is 5.97 Å². The first-order valence-corrected chi connectivity index (χ1v) is 6.76. The normalized spacial score (nSPS) is 12.6. The number of nitrogens with zero attached hydrogens (tertiary/aromatic N) is 3. The van der Waals surface area contributed by atoms with Gasteiger partial charge in [0.05, 0.1) is 12.5 Å². The molecule has 2 rings (SSSR count). The van der Waals surface area contributed by atoms with Gasteiger partial charge in [0.1, 0.15) is 0 Å². The lowest BCUT2D eigenvalue weighted by atomic mass is 10.1. The van der Waals surface area contributed by atoms with Gasteiger partial charge in [0, 0.05) is 12.1 Å². The summed E-state index contributed by atoms with van der Waals surface area (Å²) in [6, 6.07) is 7.84. The van der Waals surface area contributed by atoms with Crippen LogP contribution in [0.15, 0.2) is 28.7 Å². The molecule has 0 saturated carbocycles. The molecule has 0 aliphatic heterocycles. The molecule has 2 aromatic rings. The van der Waals surface area contributed by atoms with Crippen LogP contribution in [0.1, 0.15) is 18.4 Å². The first kappa shape index (κ1) is 15.2. The highest BCUT2D eigenvalue weighted by molar-refractivity contribution is 5.69. The zero-order valence-electron chi connectivity index (χ0n) is 12.4. The van der Waals surface area contributed by atoms with Crippen LogP contribution in [-0.4, -0.2) is 39.8 Å². The molecular formula is C15H19N3O3. The van der Waals surface area contributed by atoms with Gasteiger partial charge in [0.15, 0.2) is 0 Å². The predicted octanol–water partition coefficient (Wildman–Crippen LogP) is 2.20. The fourth-order valence-corrected chi connectivity index (χ4v) is 2.05. The summed E-state index contributed by atoms with van der Waals surface area (Å²) >= 11 is 0. The van der Waals surface area contributed by atoms with Crippen LogP contribution in [0.2, 0.25) is 0 Å². The van der Waals surface area contributed by atoms with Crippen LogP contribution in [0.3, 0.4) is 0 Å². The Morgan fingerprint density at radius 3 is 2.86 bits per heavy atom. The number of carboxylic acid groups (broad SMARTS) is 1. The summed E-state index contributed by atoms with van der Waals surface area (Å²) in [5, 5.41) is 16.9. The zero-order valence-corrected chi connectivity index (χ0v) is 12.4. The molecule has 0 spiro atoms. The van der Waals surface area contributed by atoms with Gasteiger partial charge in [-0.1, -0.05) is 24.6 Å². The highest BCUT2D eigenvalue weighted by Gasteiger charge is 2.16. The molecule has 0 amide bonds. The largest absolute Gasteiger partial charge is 0.481 e. The van der Waals surface area contributed by atoms with E-state index in [1.165, 1.54) is 0 Å². The minimum atomic E-state index is -0.812. The number of carboxylic acids is 1. The van der Waals surface area contributed by atoms with Crippen LogP contribution in [0, 0.1) is 12.8 Å². The molecule has 0 aliphatic carbocycles. The van der Waals surface area contributed by atoms with Crippen LogP contribution in [0.5, 0.6) is 0 Å². The van der Waals surface area contributed by atoms with Gasteiger partial charge < -0.3 is 9.52 Å². The quantitative estimate of drug-likeness (QED) is 0.878. The predicted molar refractivity (Wildman–Crippen MR) is 77.6 cm³/mol. The van der Waals surface area contributed by atoms with E-state index in [2.05, 4.69) is 10.2 Å². The van der Waals surface area contributed by atoms with Gasteiger partial charge in [0.2, 0.25) is 11.8 Å². The third kappa shape index (κ3) is 4.13. The van der Waals surface area contributed by atoms with Crippen LogP contribution in [0.4, 0.5) is 0 Å². The maximum Gasteiger partial charge on any atom is 0.307 e. The lowest BCUT2D eigenvalue weighted by molar-refractivity contribution is -0.141. The van der Waals surface area contributed by atoms with Gasteiger partial charge in [-0.05, 0) is 26.1 Å². The molecule has 1 aromatic carbocycles. The van der Waals surface area contributed by atoms with E-state index in [0.717, 1.165) is 11.1 Å². The van der Waals surface area contributed by atoms with Crippen molar-refractivity contribution in [2.45, 2.75) is 20.4 Å². The highest BCUT2D eigenvalue weighted by Crippen LogP contribution is 2.19. The van der Waals surface area contributed by atoms with Crippen molar-refractivity contribution in [2.24, 2.45) is 5.92 Å². The van der Waals surface area contributed by atoms with Crippen LogP contribution < -0.4 is 0 Å². The molecule has 6 heteroatoms. The van der Waals surface area contributed by atoms with Crippen molar-refractivity contribution in [2.75, 3.05) is 13.6 Å². The van der Waals surface area contributed by atoms with Crippen molar-refractivity contribution in [1.29, 1.82) is 0 Å². The molecule has 1 atom stereocenters. The third-order valence-electron chi connectivity index (χ3n) is 3.14. The van der Waals surface area contributed by atoms with E-state index < -0.39 is 11.9 Å². The van der Waals surface area contributed by atoms with Crippen molar-refractivity contribution in [3.8, 4) is 11.5 Å². The standard InChI is InChI=1S/C15H19N3O3/c1-10-5-4-6-12(7-10)14-17-16-13(21-14)9-18(3)8-11(2)15(19)20/h4-7,11H,8-9H2,1-3H3,(H,19,20). The van der Waals surface area contributed by atoms with Crippen LogP contribution in [0.25, 0.3) is 11.5 Å². The number of hydrogen-bond donors (Lipinski definition) is 1. The Morgan fingerprint density at radius 2 is 2.19 bits per heavy atom. The first-order valence-electron chi connectivity index (χ1n) is 6.76. The van der Waals surface area contributed by atoms with Gasteiger partial charge in [-0.3, -0.25) is 9.69 Å². The van der Waals surface area contributed by atoms with Crippen molar-refractivity contribution in [3.05, 3.63) is 35.7 Å². The minimum absolute atomic E-state index is 0.427. The molecule has 112 valence electrons. The molecular weight excluding hydrogens is 270 g/mol. The Labute approximate surface area is 123 Å². The molecule has 6 nitrogen and oxygen atoms in total. The van der Waals surface area contributed by atoms with Crippen LogP contribution >= 0.6 is 0 Å². The van der Waals surface area contributed by atoms with Gasteiger partial charge >= 0.3 is 5.97 Å². The highest BCUT2D eigenvalue weighted by atomic mass is 16.4. The summed E-state index contributed by atoms with van der Waals surface area (Å²) < 4.78 is 5.63. The monoisotopic (exact) mass is 289 g/mol. The average molecular weight is 289 g/mol. The molecule has 1 N–H and O–H groups in total. The maximum absolute atomic E-state index is 10.8. The second-order valence-electron chi connectivity index (χ2n) is 5.31. The molecule has 1 aromatic heterocycles. The fourth-order valence-electron chi connectivity index (χ4n) is 2.05. The zero-order chi connectivity index (χ0) is 15.4. The van der Waals surface area contributed by atoms with E-state index in [4.69, 9.17) is 9.52 Å². The molecule has 21 heavy (non-hydrogen) atoms. The summed E-state index contributed by atoms with van der Waals surface area (Å²) in [5.74, 6) is -0.290. The lowest BCUT2D eigenvalue weighted by Gasteiger charge is -2.16. The third-order valence-corrected chi connectivity index (χ3v) is 3.14. The average Bonchev–Trinajstić information content (AvgIpc) is 2.86. The number of benzene rings is 1. The lowest BCUT2D eigenvalue weighted by Crippen LogP contribution is -2.28. The Balaban J connectivity index is 2.02. The number of carbonyl (C=O) groups is 1. The molecule has 0 radical (unpaired) electrons. The van der Waals surface area contributed by atoms with Crippen molar-refractivity contribution in [1.82, 2.24) is 15.1 Å². The summed E-state index contributed by atoms with van der Waals surface area (Å²) in [5.41, 5.74) is 2.01. The van der Waals surface area contributed by atoms with Gasteiger partial charge in [0.25, 0.3) is 0 Å². The second kappa shape index (κ2) is 6.49. The number of hydrogen-bond acceptors (Lipinski definition) is 5. The maximum atomic E-state index is 10.8. The molecule has 0 saturated heterocycles. The van der Waals surface area contributed by atoms with E-state index >= 15 is 0 Å². The first-order chi connectivity index (χ1) is 9.95.